The van der Waals surface area contributed by atoms with E-state index in [0.717, 1.165) is 58.2 Å². The van der Waals surface area contributed by atoms with Crippen LogP contribution >= 0.6 is 0 Å². The van der Waals surface area contributed by atoms with Gasteiger partial charge in [0, 0.05) is 16.5 Å². The number of carboxylic acid groups (broad SMARTS) is 1. The molecular formula is C29H29NO4. The molecule has 0 unspecified atom stereocenters. The standard InChI is InChI=1S/C29H29NO4/c1-19-9-2-4-12-21(19)23-14-7-15-24-25(28(30-27(23)24)34-29(31)32)16-8-18-33-26-17-6-11-20-10-3-5-13-22(20)26/h2,4,6-7,9,11-12,14-15,17,30H,3,5,8,10,13,16,18H2,1H3,(H,31,32). The summed E-state index contributed by atoms with van der Waals surface area (Å²) in [5.74, 6) is 1.28. The van der Waals surface area contributed by atoms with Gasteiger partial charge in [-0.3, -0.25) is 0 Å². The molecule has 1 aliphatic carbocycles. The largest absolute Gasteiger partial charge is 0.512 e. The summed E-state index contributed by atoms with van der Waals surface area (Å²) < 4.78 is 11.3. The molecule has 0 saturated heterocycles. The minimum absolute atomic E-state index is 0.292. The number of H-pyrrole nitrogens is 1. The molecule has 1 aliphatic rings. The van der Waals surface area contributed by atoms with Crippen molar-refractivity contribution in [1.82, 2.24) is 4.98 Å². The first-order valence-corrected chi connectivity index (χ1v) is 12.0. The Kier molecular flexibility index (Phi) is 6.26. The Hall–Kier alpha value is -3.73. The molecule has 5 heteroatoms. The van der Waals surface area contributed by atoms with Crippen molar-refractivity contribution >= 4 is 17.1 Å². The molecule has 0 radical (unpaired) electrons. The average molecular weight is 456 g/mol. The highest BCUT2D eigenvalue weighted by atomic mass is 16.7. The van der Waals surface area contributed by atoms with Crippen LogP contribution < -0.4 is 9.47 Å². The lowest BCUT2D eigenvalue weighted by Gasteiger charge is -2.19. The van der Waals surface area contributed by atoms with Gasteiger partial charge >= 0.3 is 6.16 Å². The lowest BCUT2D eigenvalue weighted by molar-refractivity contribution is 0.142. The third kappa shape index (κ3) is 4.38. The number of nitrogens with one attached hydrogen (secondary N) is 1. The summed E-state index contributed by atoms with van der Waals surface area (Å²) in [5.41, 5.74) is 7.81. The zero-order valence-corrected chi connectivity index (χ0v) is 19.4. The van der Waals surface area contributed by atoms with Crippen LogP contribution in [0.25, 0.3) is 22.0 Å². The van der Waals surface area contributed by atoms with Crippen molar-refractivity contribution in [3.8, 4) is 22.8 Å². The van der Waals surface area contributed by atoms with Crippen LogP contribution in [0.4, 0.5) is 4.79 Å². The van der Waals surface area contributed by atoms with Crippen molar-refractivity contribution in [2.75, 3.05) is 6.61 Å². The Balaban J connectivity index is 1.40. The molecule has 0 fully saturated rings. The number of aryl methyl sites for hydroxylation is 3. The fourth-order valence-corrected chi connectivity index (χ4v) is 5.08. The zero-order valence-electron chi connectivity index (χ0n) is 19.4. The van der Waals surface area contributed by atoms with E-state index in [4.69, 9.17) is 9.47 Å². The van der Waals surface area contributed by atoms with Crippen molar-refractivity contribution in [3.63, 3.8) is 0 Å². The number of hydrogen-bond donors (Lipinski definition) is 2. The highest BCUT2D eigenvalue weighted by molar-refractivity contribution is 5.98. The van der Waals surface area contributed by atoms with Gasteiger partial charge in [-0.15, -0.1) is 0 Å². The zero-order chi connectivity index (χ0) is 23.5. The van der Waals surface area contributed by atoms with E-state index in [1.165, 1.54) is 24.0 Å². The van der Waals surface area contributed by atoms with Crippen LogP contribution in [0.5, 0.6) is 11.6 Å². The van der Waals surface area contributed by atoms with E-state index in [0.29, 0.717) is 18.9 Å². The minimum Gasteiger partial charge on any atom is -0.493 e. The Labute approximate surface area is 199 Å². The predicted molar refractivity (Wildman–Crippen MR) is 134 cm³/mol. The van der Waals surface area contributed by atoms with Gasteiger partial charge in [0.05, 0.1) is 12.1 Å². The third-order valence-electron chi connectivity index (χ3n) is 6.71. The third-order valence-corrected chi connectivity index (χ3v) is 6.71. The number of para-hydroxylation sites is 1. The smallest absolute Gasteiger partial charge is 0.493 e. The maximum absolute atomic E-state index is 11.4. The van der Waals surface area contributed by atoms with E-state index in [1.807, 2.05) is 24.3 Å². The molecule has 2 N–H and O–H groups in total. The second kappa shape index (κ2) is 9.64. The van der Waals surface area contributed by atoms with E-state index in [1.54, 1.807) is 0 Å². The molecule has 0 amide bonds. The SMILES string of the molecule is Cc1ccccc1-c1cccc2c(CCCOc3cccc4c3CCCC4)c(OC(=O)O)[nH]c12. The molecule has 0 atom stereocenters. The summed E-state index contributed by atoms with van der Waals surface area (Å²) in [7, 11) is 0. The summed E-state index contributed by atoms with van der Waals surface area (Å²) in [4.78, 5) is 14.6. The molecule has 34 heavy (non-hydrogen) atoms. The van der Waals surface area contributed by atoms with Gasteiger partial charge in [0.25, 0.3) is 0 Å². The Bertz CT molecular complexity index is 1340. The van der Waals surface area contributed by atoms with Gasteiger partial charge in [0.1, 0.15) is 5.75 Å². The fraction of sp³-hybridized carbons (Fsp3) is 0.276. The molecule has 5 rings (SSSR count). The maximum atomic E-state index is 11.4. The number of rotatable bonds is 7. The van der Waals surface area contributed by atoms with Gasteiger partial charge in [-0.25, -0.2) is 4.79 Å². The molecule has 5 nitrogen and oxygen atoms in total. The second-order valence-electron chi connectivity index (χ2n) is 8.90. The summed E-state index contributed by atoms with van der Waals surface area (Å²) >= 11 is 0. The van der Waals surface area contributed by atoms with Crippen LogP contribution in [-0.2, 0) is 19.3 Å². The number of aromatic nitrogens is 1. The summed E-state index contributed by atoms with van der Waals surface area (Å²) in [6, 6.07) is 20.6. The topological polar surface area (TPSA) is 71.6 Å². The van der Waals surface area contributed by atoms with Gasteiger partial charge < -0.3 is 19.6 Å². The van der Waals surface area contributed by atoms with E-state index in [2.05, 4.69) is 48.3 Å². The molecule has 0 bridgehead atoms. The molecule has 1 aromatic heterocycles. The fourth-order valence-electron chi connectivity index (χ4n) is 5.08. The Morgan fingerprint density at radius 3 is 2.62 bits per heavy atom. The summed E-state index contributed by atoms with van der Waals surface area (Å²) in [6.07, 6.45) is 4.73. The number of benzene rings is 3. The number of fused-ring (bicyclic) bond motifs is 2. The highest BCUT2D eigenvalue weighted by Gasteiger charge is 2.19. The van der Waals surface area contributed by atoms with Crippen LogP contribution in [0.3, 0.4) is 0 Å². The number of aromatic amines is 1. The molecule has 4 aromatic rings. The average Bonchev–Trinajstić information content (AvgIpc) is 3.18. The van der Waals surface area contributed by atoms with Crippen LogP contribution in [0.15, 0.2) is 60.7 Å². The lowest BCUT2D eigenvalue weighted by Crippen LogP contribution is -2.08. The Morgan fingerprint density at radius 1 is 0.971 bits per heavy atom. The molecule has 1 heterocycles. The van der Waals surface area contributed by atoms with E-state index in [9.17, 15) is 9.90 Å². The molecule has 3 aromatic carbocycles. The summed E-state index contributed by atoms with van der Waals surface area (Å²) in [5, 5.41) is 10.3. The van der Waals surface area contributed by atoms with Gasteiger partial charge in [0.2, 0.25) is 5.88 Å². The van der Waals surface area contributed by atoms with Crippen molar-refractivity contribution < 1.29 is 19.4 Å². The van der Waals surface area contributed by atoms with E-state index < -0.39 is 6.16 Å². The maximum Gasteiger partial charge on any atom is 0.512 e. The van der Waals surface area contributed by atoms with Crippen molar-refractivity contribution in [1.29, 1.82) is 0 Å². The molecular weight excluding hydrogens is 426 g/mol. The van der Waals surface area contributed by atoms with Crippen LogP contribution in [0, 0.1) is 6.92 Å². The van der Waals surface area contributed by atoms with E-state index in [-0.39, 0.29) is 0 Å². The number of ether oxygens (including phenoxy) is 2. The van der Waals surface area contributed by atoms with Crippen molar-refractivity contribution in [2.24, 2.45) is 0 Å². The highest BCUT2D eigenvalue weighted by Crippen LogP contribution is 2.37. The van der Waals surface area contributed by atoms with Crippen LogP contribution in [0.1, 0.15) is 41.5 Å². The van der Waals surface area contributed by atoms with Crippen LogP contribution in [-0.4, -0.2) is 22.9 Å². The molecule has 0 spiro atoms. The second-order valence-corrected chi connectivity index (χ2v) is 8.90. The Morgan fingerprint density at radius 2 is 1.76 bits per heavy atom. The lowest BCUT2D eigenvalue weighted by atomic mass is 9.91. The van der Waals surface area contributed by atoms with Crippen LogP contribution in [0.2, 0.25) is 0 Å². The van der Waals surface area contributed by atoms with Crippen molar-refractivity contribution in [2.45, 2.75) is 45.4 Å². The summed E-state index contributed by atoms with van der Waals surface area (Å²) in [6.45, 7) is 2.64. The monoisotopic (exact) mass is 455 g/mol. The van der Waals surface area contributed by atoms with E-state index >= 15 is 0 Å². The van der Waals surface area contributed by atoms with Gasteiger partial charge in [-0.2, -0.15) is 0 Å². The quantitative estimate of drug-likeness (QED) is 0.230. The number of carbonyl (C=O) groups is 1. The predicted octanol–water partition coefficient (Wildman–Crippen LogP) is 7.09. The normalized spacial score (nSPS) is 13.0. The van der Waals surface area contributed by atoms with Gasteiger partial charge in [-0.05, 0) is 73.8 Å². The first-order chi connectivity index (χ1) is 16.6. The molecule has 174 valence electrons. The van der Waals surface area contributed by atoms with Gasteiger partial charge in [-0.1, -0.05) is 54.6 Å². The molecule has 0 saturated carbocycles. The first kappa shape index (κ1) is 22.1. The number of hydrogen-bond acceptors (Lipinski definition) is 3. The van der Waals surface area contributed by atoms with Gasteiger partial charge in [0.15, 0.2) is 0 Å². The molecule has 0 aliphatic heterocycles. The van der Waals surface area contributed by atoms with Crippen molar-refractivity contribution in [3.05, 3.63) is 82.9 Å². The first-order valence-electron chi connectivity index (χ1n) is 12.0. The minimum atomic E-state index is -1.32.